The first kappa shape index (κ1) is 17.0. The van der Waals surface area contributed by atoms with Gasteiger partial charge in [0.2, 0.25) is 0 Å². The number of nitrogens with zero attached hydrogens (tertiary/aromatic N) is 1. The average Bonchev–Trinajstić information content (AvgIpc) is 2.63. The van der Waals surface area contributed by atoms with Gasteiger partial charge in [-0.15, -0.1) is 0 Å². The fraction of sp³-hybridized carbons (Fsp3) is 0.526. The SMILES string of the molecule is O=C(NC=C1CCOCC1)NC1CCN(Cc2ccccc2)CC1. The number of hydrogen-bond acceptors (Lipinski definition) is 3. The van der Waals surface area contributed by atoms with Crippen molar-refractivity contribution in [2.45, 2.75) is 38.3 Å². The van der Waals surface area contributed by atoms with Crippen molar-refractivity contribution in [1.82, 2.24) is 15.5 Å². The Morgan fingerprint density at radius 2 is 1.88 bits per heavy atom. The molecule has 0 bridgehead atoms. The van der Waals surface area contributed by atoms with Gasteiger partial charge in [-0.3, -0.25) is 4.90 Å². The molecule has 2 aliphatic rings. The molecular formula is C19H27N3O2. The molecule has 2 amide bonds. The minimum absolute atomic E-state index is 0.0875. The maximum Gasteiger partial charge on any atom is 0.318 e. The molecule has 5 heteroatoms. The number of carbonyl (C=O) groups excluding carboxylic acids is 1. The monoisotopic (exact) mass is 329 g/mol. The Labute approximate surface area is 144 Å². The third kappa shape index (κ3) is 5.35. The van der Waals surface area contributed by atoms with E-state index in [1.807, 2.05) is 12.3 Å². The van der Waals surface area contributed by atoms with Crippen molar-refractivity contribution in [2.75, 3.05) is 26.3 Å². The van der Waals surface area contributed by atoms with Crippen molar-refractivity contribution in [3.63, 3.8) is 0 Å². The summed E-state index contributed by atoms with van der Waals surface area (Å²) in [5.41, 5.74) is 2.61. The van der Waals surface area contributed by atoms with Gasteiger partial charge in [-0.25, -0.2) is 4.79 Å². The highest BCUT2D eigenvalue weighted by Crippen LogP contribution is 2.14. The van der Waals surface area contributed by atoms with Crippen LogP contribution in [0, 0.1) is 0 Å². The maximum atomic E-state index is 12.0. The predicted molar refractivity (Wildman–Crippen MR) is 94.5 cm³/mol. The molecule has 5 nitrogen and oxygen atoms in total. The van der Waals surface area contributed by atoms with E-state index in [0.29, 0.717) is 0 Å². The summed E-state index contributed by atoms with van der Waals surface area (Å²) >= 11 is 0. The number of piperidine rings is 1. The fourth-order valence-electron chi connectivity index (χ4n) is 3.25. The van der Waals surface area contributed by atoms with Crippen LogP contribution < -0.4 is 10.6 Å². The van der Waals surface area contributed by atoms with Gasteiger partial charge >= 0.3 is 6.03 Å². The van der Waals surface area contributed by atoms with Crippen LogP contribution in [-0.4, -0.2) is 43.3 Å². The van der Waals surface area contributed by atoms with Crippen LogP contribution >= 0.6 is 0 Å². The van der Waals surface area contributed by atoms with Crippen LogP contribution in [-0.2, 0) is 11.3 Å². The Balaban J connectivity index is 1.36. The van der Waals surface area contributed by atoms with E-state index in [2.05, 4.69) is 39.8 Å². The third-order valence-electron chi connectivity index (χ3n) is 4.71. The molecule has 0 aromatic heterocycles. The zero-order valence-electron chi connectivity index (χ0n) is 14.2. The highest BCUT2D eigenvalue weighted by atomic mass is 16.5. The van der Waals surface area contributed by atoms with E-state index in [1.165, 1.54) is 11.1 Å². The molecule has 2 N–H and O–H groups in total. The Morgan fingerprint density at radius 3 is 2.58 bits per heavy atom. The Bertz CT molecular complexity index is 543. The fourth-order valence-corrected chi connectivity index (χ4v) is 3.25. The van der Waals surface area contributed by atoms with Crippen LogP contribution in [0.25, 0.3) is 0 Å². The smallest absolute Gasteiger partial charge is 0.318 e. The van der Waals surface area contributed by atoms with Crippen molar-refractivity contribution >= 4 is 6.03 Å². The molecule has 0 atom stereocenters. The summed E-state index contributed by atoms with van der Waals surface area (Å²) in [6.07, 6.45) is 5.69. The van der Waals surface area contributed by atoms with Crippen molar-refractivity contribution in [3.05, 3.63) is 47.7 Å². The predicted octanol–water partition coefficient (Wildman–Crippen LogP) is 2.64. The summed E-state index contributed by atoms with van der Waals surface area (Å²) in [6.45, 7) is 4.56. The minimum atomic E-state index is -0.0875. The van der Waals surface area contributed by atoms with Crippen LogP contribution in [0.15, 0.2) is 42.1 Å². The highest BCUT2D eigenvalue weighted by Gasteiger charge is 2.20. The number of nitrogens with one attached hydrogen (secondary N) is 2. The topological polar surface area (TPSA) is 53.6 Å². The first-order valence-electron chi connectivity index (χ1n) is 8.88. The van der Waals surface area contributed by atoms with E-state index in [4.69, 9.17) is 4.74 Å². The van der Waals surface area contributed by atoms with E-state index >= 15 is 0 Å². The van der Waals surface area contributed by atoms with E-state index in [9.17, 15) is 4.79 Å². The quantitative estimate of drug-likeness (QED) is 0.893. The Hall–Kier alpha value is -1.85. The molecule has 0 spiro atoms. The molecule has 0 saturated carbocycles. The van der Waals surface area contributed by atoms with Gasteiger partial charge in [0, 0.05) is 31.9 Å². The molecule has 2 saturated heterocycles. The summed E-state index contributed by atoms with van der Waals surface area (Å²) in [7, 11) is 0. The number of carbonyl (C=O) groups is 1. The normalized spacial score (nSPS) is 19.8. The molecule has 24 heavy (non-hydrogen) atoms. The summed E-state index contributed by atoms with van der Waals surface area (Å²) in [5.74, 6) is 0. The summed E-state index contributed by atoms with van der Waals surface area (Å²) in [6, 6.07) is 10.7. The van der Waals surface area contributed by atoms with Crippen molar-refractivity contribution in [2.24, 2.45) is 0 Å². The second kappa shape index (κ2) is 8.85. The van der Waals surface area contributed by atoms with E-state index in [0.717, 1.165) is 58.5 Å². The third-order valence-corrected chi connectivity index (χ3v) is 4.71. The lowest BCUT2D eigenvalue weighted by molar-refractivity contribution is 0.119. The summed E-state index contributed by atoms with van der Waals surface area (Å²) < 4.78 is 5.31. The zero-order chi connectivity index (χ0) is 16.6. The van der Waals surface area contributed by atoms with Gasteiger partial charge in [0.15, 0.2) is 0 Å². The number of benzene rings is 1. The zero-order valence-corrected chi connectivity index (χ0v) is 14.2. The lowest BCUT2D eigenvalue weighted by Crippen LogP contribution is -2.46. The van der Waals surface area contributed by atoms with E-state index in [-0.39, 0.29) is 12.1 Å². The van der Waals surface area contributed by atoms with Crippen LogP contribution in [0.5, 0.6) is 0 Å². The van der Waals surface area contributed by atoms with Crippen LogP contribution in [0.4, 0.5) is 4.79 Å². The van der Waals surface area contributed by atoms with Gasteiger partial charge in [0.25, 0.3) is 0 Å². The standard InChI is InChI=1S/C19H27N3O2/c23-19(20-14-16-8-12-24-13-9-16)21-18-6-10-22(11-7-18)15-17-4-2-1-3-5-17/h1-5,14,18H,6-13,15H2,(H2,20,21,23). The highest BCUT2D eigenvalue weighted by molar-refractivity contribution is 5.75. The molecule has 0 unspecified atom stereocenters. The van der Waals surface area contributed by atoms with Crippen LogP contribution in [0.3, 0.4) is 0 Å². The number of likely N-dealkylation sites (tertiary alicyclic amines) is 1. The Kier molecular flexibility index (Phi) is 6.26. The molecule has 3 rings (SSSR count). The molecule has 1 aromatic carbocycles. The summed E-state index contributed by atoms with van der Waals surface area (Å²) in [4.78, 5) is 14.5. The lowest BCUT2D eigenvalue weighted by atomic mass is 10.0. The van der Waals surface area contributed by atoms with Gasteiger partial charge in [-0.05, 0) is 36.8 Å². The lowest BCUT2D eigenvalue weighted by Gasteiger charge is -2.32. The molecule has 2 heterocycles. The number of urea groups is 1. The van der Waals surface area contributed by atoms with E-state index < -0.39 is 0 Å². The number of rotatable bonds is 4. The molecule has 1 aromatic rings. The van der Waals surface area contributed by atoms with Gasteiger partial charge in [0.05, 0.1) is 13.2 Å². The van der Waals surface area contributed by atoms with Gasteiger partial charge in [-0.1, -0.05) is 30.3 Å². The first-order chi connectivity index (χ1) is 11.8. The Morgan fingerprint density at radius 1 is 1.17 bits per heavy atom. The second-order valence-electron chi connectivity index (χ2n) is 6.57. The molecule has 2 fully saturated rings. The largest absolute Gasteiger partial charge is 0.381 e. The molecule has 130 valence electrons. The van der Waals surface area contributed by atoms with Crippen molar-refractivity contribution in [1.29, 1.82) is 0 Å². The number of hydrogen-bond donors (Lipinski definition) is 2. The number of ether oxygens (including phenoxy) is 1. The molecule has 0 radical (unpaired) electrons. The van der Waals surface area contributed by atoms with Gasteiger partial charge in [0.1, 0.15) is 0 Å². The minimum Gasteiger partial charge on any atom is -0.381 e. The number of amides is 2. The maximum absolute atomic E-state index is 12.0. The van der Waals surface area contributed by atoms with Crippen molar-refractivity contribution in [3.8, 4) is 0 Å². The second-order valence-corrected chi connectivity index (χ2v) is 6.57. The van der Waals surface area contributed by atoms with Crippen LogP contribution in [0.2, 0.25) is 0 Å². The van der Waals surface area contributed by atoms with Crippen LogP contribution in [0.1, 0.15) is 31.2 Å². The molecule has 2 aliphatic heterocycles. The van der Waals surface area contributed by atoms with Gasteiger partial charge in [-0.2, -0.15) is 0 Å². The van der Waals surface area contributed by atoms with E-state index in [1.54, 1.807) is 0 Å². The van der Waals surface area contributed by atoms with Gasteiger partial charge < -0.3 is 15.4 Å². The molecule has 0 aliphatic carbocycles. The average molecular weight is 329 g/mol. The van der Waals surface area contributed by atoms with Crippen molar-refractivity contribution < 1.29 is 9.53 Å². The first-order valence-corrected chi connectivity index (χ1v) is 8.88. The summed E-state index contributed by atoms with van der Waals surface area (Å²) in [5, 5.41) is 5.96. The molecular weight excluding hydrogens is 302 g/mol.